The number of benzene rings is 3. The highest BCUT2D eigenvalue weighted by Crippen LogP contribution is 2.35. The summed E-state index contributed by atoms with van der Waals surface area (Å²) in [6, 6.07) is 17.4. The number of methoxy groups -OCH3 is 1. The Hall–Kier alpha value is -4.46. The molecule has 0 fully saturated rings. The van der Waals surface area contributed by atoms with E-state index in [1.165, 1.54) is 31.4 Å². The number of fused-ring (bicyclic) bond motifs is 1. The van der Waals surface area contributed by atoms with Crippen LogP contribution in [0.15, 0.2) is 66.7 Å². The van der Waals surface area contributed by atoms with Gasteiger partial charge < -0.3 is 14.8 Å². The Bertz CT molecular complexity index is 1280. The van der Waals surface area contributed by atoms with Crippen LogP contribution in [-0.2, 0) is 4.74 Å². The summed E-state index contributed by atoms with van der Waals surface area (Å²) in [4.78, 5) is 51.7. The van der Waals surface area contributed by atoms with Gasteiger partial charge in [-0.15, -0.1) is 0 Å². The molecule has 166 valence electrons. The lowest BCUT2D eigenvalue weighted by Gasteiger charge is -2.16. The number of carbonyl (C=O) groups excluding carboxylic acids is 4. The molecule has 0 saturated heterocycles. The van der Waals surface area contributed by atoms with Gasteiger partial charge in [-0.2, -0.15) is 0 Å². The maximum atomic E-state index is 13.1. The quantitative estimate of drug-likeness (QED) is 0.457. The molecule has 0 spiro atoms. The Morgan fingerprint density at radius 1 is 0.879 bits per heavy atom. The fraction of sp³-hybridized carbons (Fsp3) is 0.120. The van der Waals surface area contributed by atoms with Crippen LogP contribution in [0.4, 0.5) is 11.4 Å². The predicted octanol–water partition coefficient (Wildman–Crippen LogP) is 3.92. The first-order valence-corrected chi connectivity index (χ1v) is 10.2. The van der Waals surface area contributed by atoms with Crippen LogP contribution in [0.25, 0.3) is 0 Å². The molecule has 0 radical (unpaired) electrons. The lowest BCUT2D eigenvalue weighted by Crippen LogP contribution is -2.29. The van der Waals surface area contributed by atoms with E-state index >= 15 is 0 Å². The molecular formula is C25H20N2O6. The van der Waals surface area contributed by atoms with Crippen molar-refractivity contribution in [3.8, 4) is 5.75 Å². The number of anilines is 2. The number of hydrogen-bond donors (Lipinski definition) is 1. The molecule has 0 aliphatic carbocycles. The van der Waals surface area contributed by atoms with E-state index in [4.69, 9.17) is 9.47 Å². The van der Waals surface area contributed by atoms with Crippen LogP contribution in [0.3, 0.4) is 0 Å². The van der Waals surface area contributed by atoms with Crippen LogP contribution >= 0.6 is 0 Å². The Kier molecular flexibility index (Phi) is 5.91. The molecule has 0 unspecified atom stereocenters. The molecule has 0 atom stereocenters. The third-order valence-electron chi connectivity index (χ3n) is 5.11. The zero-order valence-corrected chi connectivity index (χ0v) is 18.0. The molecule has 1 heterocycles. The first-order valence-electron chi connectivity index (χ1n) is 10.2. The van der Waals surface area contributed by atoms with Crippen molar-refractivity contribution in [3.05, 3.63) is 89.0 Å². The maximum Gasteiger partial charge on any atom is 0.338 e. The summed E-state index contributed by atoms with van der Waals surface area (Å²) in [5, 5.41) is 2.70. The van der Waals surface area contributed by atoms with E-state index in [1.807, 2.05) is 0 Å². The van der Waals surface area contributed by atoms with Crippen molar-refractivity contribution in [2.75, 3.05) is 23.9 Å². The number of esters is 1. The predicted molar refractivity (Wildman–Crippen MR) is 121 cm³/mol. The van der Waals surface area contributed by atoms with E-state index in [9.17, 15) is 19.2 Å². The highest BCUT2D eigenvalue weighted by molar-refractivity contribution is 6.35. The van der Waals surface area contributed by atoms with Crippen LogP contribution in [0, 0.1) is 0 Å². The van der Waals surface area contributed by atoms with Crippen molar-refractivity contribution in [1.82, 2.24) is 0 Å². The van der Waals surface area contributed by atoms with Crippen molar-refractivity contribution in [3.63, 3.8) is 0 Å². The number of amides is 3. The smallest absolute Gasteiger partial charge is 0.338 e. The van der Waals surface area contributed by atoms with Gasteiger partial charge in [0.25, 0.3) is 17.7 Å². The van der Waals surface area contributed by atoms with Gasteiger partial charge in [0.05, 0.1) is 36.1 Å². The van der Waals surface area contributed by atoms with Gasteiger partial charge in [-0.05, 0) is 55.5 Å². The van der Waals surface area contributed by atoms with E-state index in [2.05, 4.69) is 5.32 Å². The van der Waals surface area contributed by atoms with Gasteiger partial charge in [0.15, 0.2) is 0 Å². The van der Waals surface area contributed by atoms with E-state index in [0.29, 0.717) is 22.7 Å². The number of nitrogens with one attached hydrogen (secondary N) is 1. The fourth-order valence-corrected chi connectivity index (χ4v) is 3.56. The fourth-order valence-electron chi connectivity index (χ4n) is 3.56. The zero-order chi connectivity index (χ0) is 23.5. The van der Waals surface area contributed by atoms with Crippen LogP contribution in [0.5, 0.6) is 5.75 Å². The number of rotatable bonds is 6. The van der Waals surface area contributed by atoms with Crippen LogP contribution in [-0.4, -0.2) is 37.4 Å². The van der Waals surface area contributed by atoms with E-state index < -0.39 is 23.7 Å². The molecule has 4 rings (SSSR count). The summed E-state index contributed by atoms with van der Waals surface area (Å²) >= 11 is 0. The lowest BCUT2D eigenvalue weighted by atomic mass is 10.1. The van der Waals surface area contributed by atoms with Crippen molar-refractivity contribution < 1.29 is 28.7 Å². The summed E-state index contributed by atoms with van der Waals surface area (Å²) in [5.74, 6) is -1.64. The Morgan fingerprint density at radius 2 is 1.64 bits per heavy atom. The van der Waals surface area contributed by atoms with E-state index in [0.717, 1.165) is 4.90 Å². The molecule has 0 aromatic heterocycles. The first-order chi connectivity index (χ1) is 15.9. The SMILES string of the molecule is CCOC(=O)c1cccc(NC(=O)c2ccc3c(c2)C(=O)N(c2ccccc2OC)C3=O)c1. The van der Waals surface area contributed by atoms with Crippen LogP contribution < -0.4 is 15.0 Å². The average molecular weight is 444 g/mol. The minimum Gasteiger partial charge on any atom is -0.495 e. The molecule has 0 bridgehead atoms. The van der Waals surface area contributed by atoms with Gasteiger partial charge in [0.2, 0.25) is 0 Å². The first kappa shape index (κ1) is 21.8. The molecule has 3 aromatic rings. The normalized spacial score (nSPS) is 12.4. The van der Waals surface area contributed by atoms with Crippen LogP contribution in [0.2, 0.25) is 0 Å². The van der Waals surface area contributed by atoms with Gasteiger partial charge in [-0.3, -0.25) is 14.4 Å². The van der Waals surface area contributed by atoms with E-state index in [-0.39, 0.29) is 23.3 Å². The minimum atomic E-state index is -0.543. The molecule has 1 aliphatic heterocycles. The summed E-state index contributed by atoms with van der Waals surface area (Å²) in [5.41, 5.74) is 1.54. The van der Waals surface area contributed by atoms with Crippen LogP contribution in [0.1, 0.15) is 48.4 Å². The average Bonchev–Trinajstić information content (AvgIpc) is 3.08. The Labute approximate surface area is 189 Å². The third kappa shape index (κ3) is 4.06. The van der Waals surface area contributed by atoms with Gasteiger partial charge in [0, 0.05) is 11.3 Å². The number of hydrogen-bond acceptors (Lipinski definition) is 6. The number of ether oxygens (including phenoxy) is 2. The van der Waals surface area contributed by atoms with Crippen molar-refractivity contribution in [2.45, 2.75) is 6.92 Å². The summed E-state index contributed by atoms with van der Waals surface area (Å²) in [7, 11) is 1.45. The molecule has 1 N–H and O–H groups in total. The van der Waals surface area contributed by atoms with Gasteiger partial charge in [-0.1, -0.05) is 18.2 Å². The number of carbonyl (C=O) groups is 4. The molecule has 1 aliphatic rings. The lowest BCUT2D eigenvalue weighted by molar-refractivity contribution is 0.0526. The Morgan fingerprint density at radius 3 is 2.39 bits per heavy atom. The number of para-hydroxylation sites is 2. The van der Waals surface area contributed by atoms with Gasteiger partial charge in [0.1, 0.15) is 5.75 Å². The summed E-state index contributed by atoms with van der Waals surface area (Å²) in [6.07, 6.45) is 0. The molecular weight excluding hydrogens is 424 g/mol. The van der Waals surface area contributed by atoms with Crippen molar-refractivity contribution in [1.29, 1.82) is 0 Å². The van der Waals surface area contributed by atoms with Crippen molar-refractivity contribution in [2.24, 2.45) is 0 Å². The second-order valence-corrected chi connectivity index (χ2v) is 7.13. The second-order valence-electron chi connectivity index (χ2n) is 7.13. The molecule has 3 amide bonds. The molecule has 8 heteroatoms. The third-order valence-corrected chi connectivity index (χ3v) is 5.11. The zero-order valence-electron chi connectivity index (χ0n) is 18.0. The minimum absolute atomic E-state index is 0.124. The standard InChI is InChI=1S/C25H20N2O6/c1-3-33-25(31)16-7-6-8-17(13-16)26-22(28)15-11-12-18-19(14-15)24(30)27(23(18)29)20-9-4-5-10-21(20)32-2/h4-14H,3H2,1-2H3,(H,26,28). The summed E-state index contributed by atoms with van der Waals surface area (Å²) < 4.78 is 10.3. The molecule has 3 aromatic carbocycles. The topological polar surface area (TPSA) is 102 Å². The highest BCUT2D eigenvalue weighted by atomic mass is 16.5. The van der Waals surface area contributed by atoms with Crippen molar-refractivity contribution >= 4 is 35.1 Å². The molecule has 33 heavy (non-hydrogen) atoms. The Balaban J connectivity index is 1.59. The second kappa shape index (κ2) is 8.96. The maximum absolute atomic E-state index is 13.1. The largest absolute Gasteiger partial charge is 0.495 e. The monoisotopic (exact) mass is 444 g/mol. The van der Waals surface area contributed by atoms with Gasteiger partial charge in [-0.25, -0.2) is 9.69 Å². The molecule has 0 saturated carbocycles. The number of imide groups is 1. The number of nitrogens with zero attached hydrogens (tertiary/aromatic N) is 1. The van der Waals surface area contributed by atoms with E-state index in [1.54, 1.807) is 49.4 Å². The molecule has 8 nitrogen and oxygen atoms in total. The van der Waals surface area contributed by atoms with Gasteiger partial charge >= 0.3 is 5.97 Å². The summed E-state index contributed by atoms with van der Waals surface area (Å²) in [6.45, 7) is 1.95. The highest BCUT2D eigenvalue weighted by Gasteiger charge is 2.38.